The lowest BCUT2D eigenvalue weighted by Gasteiger charge is -2.33. The van der Waals surface area contributed by atoms with E-state index in [-0.39, 0.29) is 0 Å². The van der Waals surface area contributed by atoms with Crippen LogP contribution in [0.25, 0.3) is 0 Å². The molecule has 3 heteroatoms. The molecule has 3 nitrogen and oxygen atoms in total. The molecule has 0 bridgehead atoms. The molecule has 0 atom stereocenters. The Labute approximate surface area is 104 Å². The summed E-state index contributed by atoms with van der Waals surface area (Å²) in [5.74, 6) is -0.653. The van der Waals surface area contributed by atoms with Crippen LogP contribution in [-0.2, 0) is 16.0 Å². The minimum atomic E-state index is -0.653. The van der Waals surface area contributed by atoms with Crippen molar-refractivity contribution in [2.45, 2.75) is 39.6 Å². The third-order valence-electron chi connectivity index (χ3n) is 2.63. The second-order valence-electron chi connectivity index (χ2n) is 3.81. The van der Waals surface area contributed by atoms with E-state index in [1.165, 1.54) is 5.56 Å². The van der Waals surface area contributed by atoms with Crippen LogP contribution < -0.4 is 5.32 Å². The van der Waals surface area contributed by atoms with Gasteiger partial charge in [0.25, 0.3) is 0 Å². The third-order valence-corrected chi connectivity index (χ3v) is 2.63. The molecule has 1 N–H and O–H groups in total. The summed E-state index contributed by atoms with van der Waals surface area (Å²) in [7, 11) is 0. The summed E-state index contributed by atoms with van der Waals surface area (Å²) < 4.78 is 11.4. The molecule has 0 aliphatic carbocycles. The number of hydrogen-bond acceptors (Lipinski definition) is 3. The fourth-order valence-electron chi connectivity index (χ4n) is 1.77. The maximum absolute atomic E-state index is 5.71. The van der Waals surface area contributed by atoms with Gasteiger partial charge in [-0.25, -0.2) is 0 Å². The van der Waals surface area contributed by atoms with E-state index in [0.717, 1.165) is 13.0 Å². The average molecular weight is 237 g/mol. The minimum absolute atomic E-state index is 0.635. The zero-order chi connectivity index (χ0) is 12.6. The minimum Gasteiger partial charge on any atom is -0.338 e. The van der Waals surface area contributed by atoms with Gasteiger partial charge >= 0.3 is 0 Å². The van der Waals surface area contributed by atoms with Gasteiger partial charge in [-0.05, 0) is 19.4 Å². The van der Waals surface area contributed by atoms with Crippen LogP contribution in [0.5, 0.6) is 0 Å². The molecule has 0 amide bonds. The van der Waals surface area contributed by atoms with Crippen molar-refractivity contribution in [3.63, 3.8) is 0 Å². The molecule has 17 heavy (non-hydrogen) atoms. The SMILES string of the molecule is CCOC(CC)(NCc1ccccc1)OCC. The number of rotatable bonds is 8. The first-order valence-corrected chi connectivity index (χ1v) is 6.33. The lowest BCUT2D eigenvalue weighted by molar-refractivity contribution is -0.255. The van der Waals surface area contributed by atoms with Gasteiger partial charge in [-0.2, -0.15) is 0 Å². The molecular formula is C14H23NO2. The molecular weight excluding hydrogens is 214 g/mol. The van der Waals surface area contributed by atoms with Crippen molar-refractivity contribution < 1.29 is 9.47 Å². The Bertz CT molecular complexity index is 294. The quantitative estimate of drug-likeness (QED) is 0.705. The topological polar surface area (TPSA) is 30.5 Å². The summed E-state index contributed by atoms with van der Waals surface area (Å²) in [6.45, 7) is 8.03. The van der Waals surface area contributed by atoms with Crippen LogP contribution in [0.4, 0.5) is 0 Å². The van der Waals surface area contributed by atoms with Crippen molar-refractivity contribution in [2.75, 3.05) is 13.2 Å². The van der Waals surface area contributed by atoms with E-state index in [4.69, 9.17) is 9.47 Å². The van der Waals surface area contributed by atoms with Crippen LogP contribution >= 0.6 is 0 Å². The second-order valence-corrected chi connectivity index (χ2v) is 3.81. The van der Waals surface area contributed by atoms with Gasteiger partial charge in [0.2, 0.25) is 5.91 Å². The normalized spacial score (nSPS) is 11.7. The summed E-state index contributed by atoms with van der Waals surface area (Å²) in [6, 6.07) is 10.3. The zero-order valence-electron chi connectivity index (χ0n) is 11.0. The molecule has 96 valence electrons. The number of nitrogens with one attached hydrogen (secondary N) is 1. The van der Waals surface area contributed by atoms with E-state index in [0.29, 0.717) is 13.2 Å². The van der Waals surface area contributed by atoms with Crippen LogP contribution in [-0.4, -0.2) is 19.1 Å². The van der Waals surface area contributed by atoms with E-state index in [2.05, 4.69) is 24.4 Å². The van der Waals surface area contributed by atoms with Crippen molar-refractivity contribution in [2.24, 2.45) is 0 Å². The monoisotopic (exact) mass is 237 g/mol. The van der Waals surface area contributed by atoms with Gasteiger partial charge in [-0.15, -0.1) is 0 Å². The number of hydrogen-bond donors (Lipinski definition) is 1. The maximum atomic E-state index is 5.71. The Kier molecular flexibility index (Phi) is 6.19. The van der Waals surface area contributed by atoms with Gasteiger partial charge in [0.05, 0.1) is 0 Å². The summed E-state index contributed by atoms with van der Waals surface area (Å²) in [5.41, 5.74) is 1.23. The Morgan fingerprint density at radius 2 is 1.59 bits per heavy atom. The zero-order valence-corrected chi connectivity index (χ0v) is 11.0. The highest BCUT2D eigenvalue weighted by molar-refractivity contribution is 5.14. The van der Waals surface area contributed by atoms with Crippen molar-refractivity contribution in [1.82, 2.24) is 5.32 Å². The van der Waals surface area contributed by atoms with Crippen molar-refractivity contribution in [3.05, 3.63) is 35.9 Å². The predicted molar refractivity (Wildman–Crippen MR) is 69.6 cm³/mol. The van der Waals surface area contributed by atoms with E-state index in [1.54, 1.807) is 0 Å². The van der Waals surface area contributed by atoms with Gasteiger partial charge in [0, 0.05) is 26.2 Å². The van der Waals surface area contributed by atoms with Crippen molar-refractivity contribution >= 4 is 0 Å². The Morgan fingerprint density at radius 1 is 1.00 bits per heavy atom. The molecule has 0 radical (unpaired) electrons. The van der Waals surface area contributed by atoms with Crippen LogP contribution in [0.3, 0.4) is 0 Å². The predicted octanol–water partition coefficient (Wildman–Crippen LogP) is 2.91. The van der Waals surface area contributed by atoms with Gasteiger partial charge in [-0.1, -0.05) is 37.3 Å². The van der Waals surface area contributed by atoms with Crippen LogP contribution in [0, 0.1) is 0 Å². The lowest BCUT2D eigenvalue weighted by Crippen LogP contribution is -2.49. The molecule has 0 aliphatic heterocycles. The largest absolute Gasteiger partial charge is 0.338 e. The molecule has 0 aromatic heterocycles. The maximum Gasteiger partial charge on any atom is 0.227 e. The van der Waals surface area contributed by atoms with E-state index < -0.39 is 5.91 Å². The Morgan fingerprint density at radius 3 is 2.06 bits per heavy atom. The van der Waals surface area contributed by atoms with E-state index >= 15 is 0 Å². The van der Waals surface area contributed by atoms with Gasteiger partial charge < -0.3 is 9.47 Å². The molecule has 0 unspecified atom stereocenters. The lowest BCUT2D eigenvalue weighted by atomic mass is 10.2. The average Bonchev–Trinajstić information content (AvgIpc) is 2.38. The molecule has 0 spiro atoms. The van der Waals surface area contributed by atoms with Crippen molar-refractivity contribution in [1.29, 1.82) is 0 Å². The standard InChI is InChI=1S/C14H23NO2/c1-4-14(16-5-2,17-6-3)15-12-13-10-8-7-9-11-13/h7-11,15H,4-6,12H2,1-3H3. The number of ether oxygens (including phenoxy) is 2. The smallest absolute Gasteiger partial charge is 0.227 e. The number of benzene rings is 1. The highest BCUT2D eigenvalue weighted by Crippen LogP contribution is 2.15. The summed E-state index contributed by atoms with van der Waals surface area (Å²) >= 11 is 0. The summed E-state index contributed by atoms with van der Waals surface area (Å²) in [5, 5.41) is 3.36. The Balaban J connectivity index is 2.59. The summed E-state index contributed by atoms with van der Waals surface area (Å²) in [4.78, 5) is 0. The first-order chi connectivity index (χ1) is 8.26. The van der Waals surface area contributed by atoms with E-state index in [1.807, 2.05) is 32.0 Å². The third kappa shape index (κ3) is 4.46. The van der Waals surface area contributed by atoms with Gasteiger partial charge in [-0.3, -0.25) is 5.32 Å². The summed E-state index contributed by atoms with van der Waals surface area (Å²) in [6.07, 6.45) is 0.779. The van der Waals surface area contributed by atoms with Crippen LogP contribution in [0.15, 0.2) is 30.3 Å². The highest BCUT2D eigenvalue weighted by Gasteiger charge is 2.28. The van der Waals surface area contributed by atoms with Gasteiger partial charge in [0.15, 0.2) is 0 Å². The molecule has 0 fully saturated rings. The fraction of sp³-hybridized carbons (Fsp3) is 0.571. The first kappa shape index (κ1) is 14.2. The molecule has 0 saturated heterocycles. The fourth-order valence-corrected chi connectivity index (χ4v) is 1.77. The molecule has 0 aliphatic rings. The molecule has 1 aromatic carbocycles. The molecule has 0 saturated carbocycles. The molecule has 1 rings (SSSR count). The Hall–Kier alpha value is -0.900. The van der Waals surface area contributed by atoms with Crippen LogP contribution in [0.2, 0.25) is 0 Å². The highest BCUT2D eigenvalue weighted by atomic mass is 16.7. The van der Waals surface area contributed by atoms with Crippen molar-refractivity contribution in [3.8, 4) is 0 Å². The van der Waals surface area contributed by atoms with Gasteiger partial charge in [0.1, 0.15) is 0 Å². The molecule has 0 heterocycles. The second kappa shape index (κ2) is 7.43. The first-order valence-electron chi connectivity index (χ1n) is 6.33. The van der Waals surface area contributed by atoms with Crippen LogP contribution in [0.1, 0.15) is 32.8 Å². The van der Waals surface area contributed by atoms with E-state index in [9.17, 15) is 0 Å². The molecule has 1 aromatic rings.